The van der Waals surface area contributed by atoms with Gasteiger partial charge in [-0.2, -0.15) is 0 Å². The SMILES string of the molecule is C[C@H](N)CC(=O)N1CCCC1. The molecule has 1 rings (SSSR count). The fourth-order valence-corrected chi connectivity index (χ4v) is 1.37. The van der Waals surface area contributed by atoms with Gasteiger partial charge in [0, 0.05) is 25.6 Å². The van der Waals surface area contributed by atoms with Crippen molar-refractivity contribution in [2.75, 3.05) is 13.1 Å². The van der Waals surface area contributed by atoms with Crippen LogP contribution in [0.1, 0.15) is 26.2 Å². The fourth-order valence-electron chi connectivity index (χ4n) is 1.37. The minimum atomic E-state index is 0.00287. The third kappa shape index (κ3) is 2.50. The van der Waals surface area contributed by atoms with Gasteiger partial charge in [0.15, 0.2) is 0 Å². The van der Waals surface area contributed by atoms with Gasteiger partial charge in [-0.25, -0.2) is 0 Å². The molecule has 64 valence electrons. The Labute approximate surface area is 67.5 Å². The topological polar surface area (TPSA) is 46.3 Å². The highest BCUT2D eigenvalue weighted by atomic mass is 16.2. The largest absolute Gasteiger partial charge is 0.343 e. The Morgan fingerprint density at radius 1 is 1.55 bits per heavy atom. The summed E-state index contributed by atoms with van der Waals surface area (Å²) < 4.78 is 0. The van der Waals surface area contributed by atoms with E-state index in [-0.39, 0.29) is 11.9 Å². The molecule has 1 aliphatic rings. The molecule has 1 aliphatic heterocycles. The molecule has 0 saturated carbocycles. The minimum absolute atomic E-state index is 0.00287. The Morgan fingerprint density at radius 2 is 2.09 bits per heavy atom. The maximum absolute atomic E-state index is 11.3. The summed E-state index contributed by atoms with van der Waals surface area (Å²) in [5, 5.41) is 0. The second kappa shape index (κ2) is 3.72. The van der Waals surface area contributed by atoms with Crippen LogP contribution in [0.25, 0.3) is 0 Å². The number of amides is 1. The number of hydrogen-bond donors (Lipinski definition) is 1. The summed E-state index contributed by atoms with van der Waals surface area (Å²) in [6.45, 7) is 3.74. The fraction of sp³-hybridized carbons (Fsp3) is 0.875. The zero-order valence-electron chi connectivity index (χ0n) is 7.05. The molecule has 3 heteroatoms. The Hall–Kier alpha value is -0.570. The van der Waals surface area contributed by atoms with Crippen molar-refractivity contribution in [1.82, 2.24) is 4.90 Å². The molecule has 0 radical (unpaired) electrons. The van der Waals surface area contributed by atoms with Crippen LogP contribution in [-0.4, -0.2) is 29.9 Å². The van der Waals surface area contributed by atoms with E-state index in [9.17, 15) is 4.79 Å². The molecule has 0 aromatic rings. The maximum atomic E-state index is 11.3. The van der Waals surface area contributed by atoms with E-state index in [4.69, 9.17) is 5.73 Å². The van der Waals surface area contributed by atoms with Gasteiger partial charge in [0.2, 0.25) is 5.91 Å². The zero-order valence-corrected chi connectivity index (χ0v) is 7.05. The normalized spacial score (nSPS) is 20.4. The van der Waals surface area contributed by atoms with Gasteiger partial charge in [-0.3, -0.25) is 4.79 Å². The maximum Gasteiger partial charge on any atom is 0.224 e. The van der Waals surface area contributed by atoms with Gasteiger partial charge in [-0.1, -0.05) is 0 Å². The van der Waals surface area contributed by atoms with Gasteiger partial charge in [0.05, 0.1) is 0 Å². The molecule has 0 bridgehead atoms. The number of carbonyl (C=O) groups excluding carboxylic acids is 1. The van der Waals surface area contributed by atoms with Crippen LogP contribution in [0.2, 0.25) is 0 Å². The first kappa shape index (κ1) is 8.53. The summed E-state index contributed by atoms with van der Waals surface area (Å²) >= 11 is 0. The van der Waals surface area contributed by atoms with Gasteiger partial charge in [0.1, 0.15) is 0 Å². The molecule has 0 aromatic heterocycles. The molecule has 0 spiro atoms. The van der Waals surface area contributed by atoms with Gasteiger partial charge >= 0.3 is 0 Å². The monoisotopic (exact) mass is 156 g/mol. The van der Waals surface area contributed by atoms with Crippen LogP contribution >= 0.6 is 0 Å². The molecule has 2 N–H and O–H groups in total. The van der Waals surface area contributed by atoms with Crippen LogP contribution in [0.3, 0.4) is 0 Å². The Kier molecular flexibility index (Phi) is 2.88. The summed E-state index contributed by atoms with van der Waals surface area (Å²) in [5.41, 5.74) is 5.51. The summed E-state index contributed by atoms with van der Waals surface area (Å²) in [5.74, 6) is 0.220. The molecule has 0 aliphatic carbocycles. The van der Waals surface area contributed by atoms with E-state index in [1.165, 1.54) is 0 Å². The number of likely N-dealkylation sites (tertiary alicyclic amines) is 1. The molecule has 1 amide bonds. The Bertz CT molecular complexity index is 139. The van der Waals surface area contributed by atoms with Crippen LogP contribution < -0.4 is 5.73 Å². The molecule has 1 saturated heterocycles. The average molecular weight is 156 g/mol. The van der Waals surface area contributed by atoms with Crippen LogP contribution in [0.4, 0.5) is 0 Å². The van der Waals surface area contributed by atoms with Crippen LogP contribution in [0, 0.1) is 0 Å². The van der Waals surface area contributed by atoms with Crippen molar-refractivity contribution in [3.63, 3.8) is 0 Å². The van der Waals surface area contributed by atoms with E-state index in [1.54, 1.807) is 0 Å². The van der Waals surface area contributed by atoms with Crippen LogP contribution in [0.15, 0.2) is 0 Å². The molecular formula is C8H16N2O. The highest BCUT2D eigenvalue weighted by molar-refractivity contribution is 5.76. The lowest BCUT2D eigenvalue weighted by Gasteiger charge is -2.15. The van der Waals surface area contributed by atoms with E-state index < -0.39 is 0 Å². The van der Waals surface area contributed by atoms with Crippen LogP contribution in [-0.2, 0) is 4.79 Å². The second-order valence-electron chi connectivity index (χ2n) is 3.27. The molecule has 3 nitrogen and oxygen atoms in total. The summed E-state index contributed by atoms with van der Waals surface area (Å²) in [6, 6.07) is 0.00287. The molecule has 1 heterocycles. The first-order chi connectivity index (χ1) is 5.20. The van der Waals surface area contributed by atoms with E-state index in [0.717, 1.165) is 25.9 Å². The smallest absolute Gasteiger partial charge is 0.224 e. The first-order valence-electron chi connectivity index (χ1n) is 4.23. The van der Waals surface area contributed by atoms with Gasteiger partial charge in [-0.15, -0.1) is 0 Å². The Balaban J connectivity index is 2.28. The predicted molar refractivity (Wildman–Crippen MR) is 44.1 cm³/mol. The van der Waals surface area contributed by atoms with Crippen molar-refractivity contribution >= 4 is 5.91 Å². The predicted octanol–water partition coefficient (Wildman–Crippen LogP) is 0.346. The zero-order chi connectivity index (χ0) is 8.27. The number of nitrogens with zero attached hydrogens (tertiary/aromatic N) is 1. The van der Waals surface area contributed by atoms with Crippen LogP contribution in [0.5, 0.6) is 0 Å². The number of hydrogen-bond acceptors (Lipinski definition) is 2. The Morgan fingerprint density at radius 3 is 2.55 bits per heavy atom. The lowest BCUT2D eigenvalue weighted by molar-refractivity contribution is -0.130. The number of nitrogens with two attached hydrogens (primary N) is 1. The second-order valence-corrected chi connectivity index (χ2v) is 3.27. The third-order valence-corrected chi connectivity index (χ3v) is 1.96. The van der Waals surface area contributed by atoms with Gasteiger partial charge in [-0.05, 0) is 19.8 Å². The summed E-state index contributed by atoms with van der Waals surface area (Å²) in [4.78, 5) is 13.2. The standard InChI is InChI=1S/C8H16N2O/c1-7(9)6-8(11)10-4-2-3-5-10/h7H,2-6,9H2,1H3/t7-/m0/s1. The van der Waals surface area contributed by atoms with Crippen molar-refractivity contribution < 1.29 is 4.79 Å². The van der Waals surface area contributed by atoms with Gasteiger partial charge < -0.3 is 10.6 Å². The molecule has 11 heavy (non-hydrogen) atoms. The lowest BCUT2D eigenvalue weighted by atomic mass is 10.2. The number of rotatable bonds is 2. The van der Waals surface area contributed by atoms with Crippen molar-refractivity contribution in [2.45, 2.75) is 32.2 Å². The van der Waals surface area contributed by atoms with Crippen molar-refractivity contribution in [2.24, 2.45) is 5.73 Å². The molecule has 1 fully saturated rings. The van der Waals surface area contributed by atoms with Crippen molar-refractivity contribution in [3.8, 4) is 0 Å². The quantitative estimate of drug-likeness (QED) is 0.627. The summed E-state index contributed by atoms with van der Waals surface area (Å²) in [6.07, 6.45) is 2.81. The van der Waals surface area contributed by atoms with E-state index >= 15 is 0 Å². The van der Waals surface area contributed by atoms with Crippen molar-refractivity contribution in [1.29, 1.82) is 0 Å². The highest BCUT2D eigenvalue weighted by Crippen LogP contribution is 2.09. The molecule has 1 atom stereocenters. The molecule has 0 unspecified atom stereocenters. The van der Waals surface area contributed by atoms with Gasteiger partial charge in [0.25, 0.3) is 0 Å². The van der Waals surface area contributed by atoms with E-state index in [2.05, 4.69) is 0 Å². The molecule has 0 aromatic carbocycles. The molecular weight excluding hydrogens is 140 g/mol. The minimum Gasteiger partial charge on any atom is -0.343 e. The van der Waals surface area contributed by atoms with E-state index in [0.29, 0.717) is 6.42 Å². The number of carbonyl (C=O) groups is 1. The third-order valence-electron chi connectivity index (χ3n) is 1.96. The van der Waals surface area contributed by atoms with Crippen molar-refractivity contribution in [3.05, 3.63) is 0 Å². The highest BCUT2D eigenvalue weighted by Gasteiger charge is 2.18. The summed E-state index contributed by atoms with van der Waals surface area (Å²) in [7, 11) is 0. The lowest BCUT2D eigenvalue weighted by Crippen LogP contribution is -2.32. The first-order valence-corrected chi connectivity index (χ1v) is 4.23. The average Bonchev–Trinajstić information content (AvgIpc) is 2.35. The van der Waals surface area contributed by atoms with E-state index in [1.807, 2.05) is 11.8 Å².